The lowest BCUT2D eigenvalue weighted by molar-refractivity contribution is -0.122. The van der Waals surface area contributed by atoms with Crippen molar-refractivity contribution in [3.8, 4) is 11.5 Å². The number of amides is 1. The highest BCUT2D eigenvalue weighted by atomic mass is 16.5. The molecular formula is C26H28N4O3. The van der Waals surface area contributed by atoms with E-state index in [1.165, 1.54) is 5.56 Å². The third-order valence-corrected chi connectivity index (χ3v) is 5.63. The molecule has 7 heteroatoms. The number of nitrogens with zero attached hydrogens (tertiary/aromatic N) is 1. The van der Waals surface area contributed by atoms with Gasteiger partial charge in [0.05, 0.1) is 5.71 Å². The number of benzene rings is 3. The maximum Gasteiger partial charge on any atom is 0.258 e. The molecule has 2 unspecified atom stereocenters. The summed E-state index contributed by atoms with van der Waals surface area (Å²) >= 11 is 0. The second-order valence-electron chi connectivity index (χ2n) is 8.20. The summed E-state index contributed by atoms with van der Waals surface area (Å²) in [6, 6.07) is 22.5. The van der Waals surface area contributed by atoms with Crippen LogP contribution < -0.4 is 21.0 Å². The molecule has 1 saturated heterocycles. The smallest absolute Gasteiger partial charge is 0.258 e. The number of phenols is 1. The van der Waals surface area contributed by atoms with Crippen molar-refractivity contribution >= 4 is 11.6 Å². The number of ether oxygens (including phenoxy) is 1. The molecule has 4 rings (SSSR count). The third kappa shape index (κ3) is 5.97. The minimum atomic E-state index is -0.409. The van der Waals surface area contributed by atoms with Crippen LogP contribution in [0.4, 0.5) is 0 Å². The first-order chi connectivity index (χ1) is 16.0. The van der Waals surface area contributed by atoms with Crippen molar-refractivity contribution in [1.29, 1.82) is 0 Å². The zero-order valence-corrected chi connectivity index (χ0v) is 18.7. The van der Waals surface area contributed by atoms with Gasteiger partial charge in [0, 0.05) is 11.6 Å². The molecule has 0 aliphatic carbocycles. The largest absolute Gasteiger partial charge is 0.508 e. The minimum Gasteiger partial charge on any atom is -0.508 e. The lowest BCUT2D eigenvalue weighted by atomic mass is 10.0. The van der Waals surface area contributed by atoms with E-state index < -0.39 is 6.04 Å². The summed E-state index contributed by atoms with van der Waals surface area (Å²) in [7, 11) is 0. The third-order valence-electron chi connectivity index (χ3n) is 5.63. The van der Waals surface area contributed by atoms with Gasteiger partial charge in [-0.25, -0.2) is 16.3 Å². The number of carbonyl (C=O) groups is 1. The first-order valence-electron chi connectivity index (χ1n) is 10.9. The Kier molecular flexibility index (Phi) is 7.02. The molecule has 0 saturated carbocycles. The van der Waals surface area contributed by atoms with Crippen LogP contribution in [0, 0.1) is 6.92 Å². The number of hydrazone groups is 1. The number of rotatable bonds is 7. The Balaban J connectivity index is 1.28. The zero-order chi connectivity index (χ0) is 23.2. The Bertz CT molecular complexity index is 1130. The van der Waals surface area contributed by atoms with Gasteiger partial charge in [-0.15, -0.1) is 0 Å². The van der Waals surface area contributed by atoms with Gasteiger partial charge in [0.15, 0.2) is 0 Å². The summed E-state index contributed by atoms with van der Waals surface area (Å²) < 4.78 is 5.88. The van der Waals surface area contributed by atoms with Gasteiger partial charge in [-0.2, -0.15) is 5.10 Å². The highest BCUT2D eigenvalue weighted by molar-refractivity contribution is 5.99. The predicted molar refractivity (Wildman–Crippen MR) is 128 cm³/mol. The summed E-state index contributed by atoms with van der Waals surface area (Å²) in [5.74, 6) is 0.739. The van der Waals surface area contributed by atoms with E-state index in [0.29, 0.717) is 18.7 Å². The van der Waals surface area contributed by atoms with Gasteiger partial charge in [-0.05, 0) is 55.7 Å². The van der Waals surface area contributed by atoms with Crippen molar-refractivity contribution in [3.05, 3.63) is 95.1 Å². The summed E-state index contributed by atoms with van der Waals surface area (Å²) in [5.41, 5.74) is 13.6. The van der Waals surface area contributed by atoms with Gasteiger partial charge >= 0.3 is 0 Å². The molecule has 3 aromatic rings. The molecule has 1 aliphatic rings. The Hall–Kier alpha value is -3.68. The fourth-order valence-electron chi connectivity index (χ4n) is 3.61. The van der Waals surface area contributed by atoms with Crippen molar-refractivity contribution < 1.29 is 14.6 Å². The number of hydrogen-bond donors (Lipinski definition) is 4. The van der Waals surface area contributed by atoms with E-state index >= 15 is 0 Å². The van der Waals surface area contributed by atoms with Crippen LogP contribution in [0.5, 0.6) is 11.5 Å². The van der Waals surface area contributed by atoms with Gasteiger partial charge in [0.25, 0.3) is 5.91 Å². The first-order valence-corrected chi connectivity index (χ1v) is 10.9. The number of hydrogen-bond acceptors (Lipinski definition) is 6. The molecule has 1 amide bonds. The minimum absolute atomic E-state index is 0.00282. The average molecular weight is 445 g/mol. The number of nitrogens with one attached hydrogen (secondary N) is 3. The van der Waals surface area contributed by atoms with Crippen LogP contribution in [-0.4, -0.2) is 22.8 Å². The van der Waals surface area contributed by atoms with Gasteiger partial charge in [-0.3, -0.25) is 4.79 Å². The first kappa shape index (κ1) is 22.5. The van der Waals surface area contributed by atoms with E-state index in [2.05, 4.69) is 52.6 Å². The molecular weight excluding hydrogens is 416 g/mol. The van der Waals surface area contributed by atoms with E-state index in [-0.39, 0.29) is 17.7 Å². The van der Waals surface area contributed by atoms with Crippen LogP contribution >= 0.6 is 0 Å². The number of phenolic OH excluding ortho intramolecular Hbond substituents is 1. The number of carbonyl (C=O) groups excluding carboxylic acids is 1. The van der Waals surface area contributed by atoms with Crippen molar-refractivity contribution in [3.63, 3.8) is 0 Å². The standard InChI is InChI=1S/C26H28N4O3/c1-17-6-8-19(9-7-17)16-33-23-12-10-20(11-13-23)24-15-25(29-28-24)26(32)30-27-18(2)21-4-3-5-22(31)14-21/h3-14,24-25,28-29,31H,15-16H2,1-2H3,(H,30,32)/b27-18+. The van der Waals surface area contributed by atoms with E-state index in [9.17, 15) is 9.90 Å². The molecule has 4 N–H and O–H groups in total. The highest BCUT2D eigenvalue weighted by Gasteiger charge is 2.30. The maximum absolute atomic E-state index is 12.5. The molecule has 0 aromatic heterocycles. The molecule has 0 spiro atoms. The fourth-order valence-corrected chi connectivity index (χ4v) is 3.61. The van der Waals surface area contributed by atoms with Gasteiger partial charge < -0.3 is 9.84 Å². The van der Waals surface area contributed by atoms with Crippen molar-refractivity contribution in [2.45, 2.75) is 39.0 Å². The Morgan fingerprint density at radius 1 is 1.09 bits per heavy atom. The van der Waals surface area contributed by atoms with Crippen LogP contribution in [0.3, 0.4) is 0 Å². The number of hydrazine groups is 1. The van der Waals surface area contributed by atoms with Crippen LogP contribution in [0.1, 0.15) is 41.6 Å². The summed E-state index contributed by atoms with van der Waals surface area (Å²) in [6.45, 7) is 4.36. The fraction of sp³-hybridized carbons (Fsp3) is 0.231. The second-order valence-corrected chi connectivity index (χ2v) is 8.20. The molecule has 1 fully saturated rings. The Labute approximate surface area is 193 Å². The lowest BCUT2D eigenvalue weighted by Crippen LogP contribution is -2.41. The molecule has 33 heavy (non-hydrogen) atoms. The van der Waals surface area contributed by atoms with Crippen molar-refractivity contribution in [2.75, 3.05) is 0 Å². The monoisotopic (exact) mass is 444 g/mol. The van der Waals surface area contributed by atoms with E-state index in [1.807, 2.05) is 30.3 Å². The van der Waals surface area contributed by atoms with Crippen LogP contribution in [0.25, 0.3) is 0 Å². The van der Waals surface area contributed by atoms with Gasteiger partial charge in [-0.1, -0.05) is 54.1 Å². The number of aryl methyl sites for hydroxylation is 1. The molecule has 170 valence electrons. The molecule has 3 aromatic carbocycles. The van der Waals surface area contributed by atoms with E-state index in [4.69, 9.17) is 4.74 Å². The molecule has 0 bridgehead atoms. The lowest BCUT2D eigenvalue weighted by Gasteiger charge is -2.11. The quantitative estimate of drug-likeness (QED) is 0.329. The van der Waals surface area contributed by atoms with Crippen LogP contribution in [-0.2, 0) is 11.4 Å². The summed E-state index contributed by atoms with van der Waals surface area (Å²) in [4.78, 5) is 12.5. The van der Waals surface area contributed by atoms with Gasteiger partial charge in [0.1, 0.15) is 24.1 Å². The molecule has 2 atom stereocenters. The van der Waals surface area contributed by atoms with Crippen molar-refractivity contribution in [2.24, 2.45) is 5.10 Å². The maximum atomic E-state index is 12.5. The SMILES string of the molecule is C/C(=N\NC(=O)C1CC(c2ccc(OCc3ccc(C)cc3)cc2)NN1)c1cccc(O)c1. The number of aromatic hydroxyl groups is 1. The Morgan fingerprint density at radius 3 is 2.58 bits per heavy atom. The molecule has 0 radical (unpaired) electrons. The van der Waals surface area contributed by atoms with Crippen molar-refractivity contribution in [1.82, 2.24) is 16.3 Å². The molecule has 1 aliphatic heterocycles. The summed E-state index contributed by atoms with van der Waals surface area (Å²) in [6.07, 6.45) is 0.593. The van der Waals surface area contributed by atoms with Crippen LogP contribution in [0.2, 0.25) is 0 Å². The predicted octanol–water partition coefficient (Wildman–Crippen LogP) is 3.73. The topological polar surface area (TPSA) is 95.0 Å². The van der Waals surface area contributed by atoms with E-state index in [1.54, 1.807) is 25.1 Å². The second kappa shape index (κ2) is 10.3. The molecule has 7 nitrogen and oxygen atoms in total. The zero-order valence-electron chi connectivity index (χ0n) is 18.7. The van der Waals surface area contributed by atoms with Crippen LogP contribution in [0.15, 0.2) is 77.9 Å². The van der Waals surface area contributed by atoms with Gasteiger partial charge in [0.2, 0.25) is 0 Å². The Morgan fingerprint density at radius 2 is 1.85 bits per heavy atom. The normalized spacial score (nSPS) is 18.2. The molecule has 1 heterocycles. The highest BCUT2D eigenvalue weighted by Crippen LogP contribution is 2.25. The van der Waals surface area contributed by atoms with E-state index in [0.717, 1.165) is 22.4 Å². The average Bonchev–Trinajstić information content (AvgIpc) is 3.33. The summed E-state index contributed by atoms with van der Waals surface area (Å²) in [5, 5.41) is 13.8.